The highest BCUT2D eigenvalue weighted by atomic mass is 32.2. The van der Waals surface area contributed by atoms with Crippen molar-refractivity contribution in [3.8, 4) is 0 Å². The van der Waals surface area contributed by atoms with E-state index in [2.05, 4.69) is 34.7 Å². The van der Waals surface area contributed by atoms with Crippen LogP contribution in [0.4, 0.5) is 5.69 Å². The first-order chi connectivity index (χ1) is 12.2. The van der Waals surface area contributed by atoms with Gasteiger partial charge < -0.3 is 10.6 Å². The predicted molar refractivity (Wildman–Crippen MR) is 106 cm³/mol. The van der Waals surface area contributed by atoms with E-state index in [0.29, 0.717) is 12.5 Å². The largest absolute Gasteiger partial charge is 0.385 e. The summed E-state index contributed by atoms with van der Waals surface area (Å²) in [6.07, 6.45) is 0.776. The molecule has 2 aromatic carbocycles. The molecule has 2 atom stereocenters. The van der Waals surface area contributed by atoms with Crippen molar-refractivity contribution >= 4 is 28.5 Å². The number of hydrogen-bond donors (Lipinski definition) is 2. The van der Waals surface area contributed by atoms with E-state index in [9.17, 15) is 4.79 Å². The van der Waals surface area contributed by atoms with Crippen LogP contribution in [0.2, 0.25) is 0 Å². The summed E-state index contributed by atoms with van der Waals surface area (Å²) in [4.78, 5) is 16.7. The maximum atomic E-state index is 12.1. The number of thioether (sulfide) groups is 1. The van der Waals surface area contributed by atoms with Gasteiger partial charge in [-0.15, -0.1) is 0 Å². The molecule has 1 saturated heterocycles. The summed E-state index contributed by atoms with van der Waals surface area (Å²) in [5.74, 6) is 0.399. The maximum absolute atomic E-state index is 12.1. The Balaban J connectivity index is 1.46. The van der Waals surface area contributed by atoms with Crippen LogP contribution in [0.15, 0.2) is 65.7 Å². The van der Waals surface area contributed by atoms with Crippen molar-refractivity contribution in [2.75, 3.05) is 18.4 Å². The summed E-state index contributed by atoms with van der Waals surface area (Å²) in [7, 11) is 0. The van der Waals surface area contributed by atoms with Gasteiger partial charge in [-0.1, -0.05) is 67.2 Å². The second kappa shape index (κ2) is 8.72. The van der Waals surface area contributed by atoms with Crippen molar-refractivity contribution in [3.63, 3.8) is 0 Å². The van der Waals surface area contributed by atoms with Crippen LogP contribution < -0.4 is 10.6 Å². The second-order valence-electron chi connectivity index (χ2n) is 6.13. The lowest BCUT2D eigenvalue weighted by molar-refractivity contribution is -0.118. The Hall–Kier alpha value is -2.27. The van der Waals surface area contributed by atoms with Crippen LogP contribution in [0.3, 0.4) is 0 Å². The Morgan fingerprint density at radius 1 is 1.12 bits per heavy atom. The highest BCUT2D eigenvalue weighted by Crippen LogP contribution is 2.23. The molecule has 1 amide bonds. The molecule has 0 aromatic heterocycles. The van der Waals surface area contributed by atoms with Gasteiger partial charge in [-0.2, -0.15) is 0 Å². The molecule has 5 heteroatoms. The molecule has 1 aliphatic rings. The maximum Gasteiger partial charge on any atom is 0.239 e. The van der Waals surface area contributed by atoms with E-state index in [1.54, 1.807) is 11.8 Å². The number of para-hydroxylation sites is 1. The zero-order chi connectivity index (χ0) is 17.5. The first-order valence-electron chi connectivity index (χ1n) is 8.58. The SMILES string of the molecule is C[C@@H](CN=C1NC(=O)C(CCNc2ccccc2)S1)c1ccccc1. The van der Waals surface area contributed by atoms with Gasteiger partial charge in [0.1, 0.15) is 0 Å². The van der Waals surface area contributed by atoms with Crippen molar-refractivity contribution in [2.45, 2.75) is 24.5 Å². The van der Waals surface area contributed by atoms with Crippen molar-refractivity contribution < 1.29 is 4.79 Å². The van der Waals surface area contributed by atoms with E-state index in [1.165, 1.54) is 5.56 Å². The molecule has 2 aromatic rings. The Morgan fingerprint density at radius 2 is 1.80 bits per heavy atom. The smallest absolute Gasteiger partial charge is 0.239 e. The minimum atomic E-state index is -0.0676. The second-order valence-corrected chi connectivity index (χ2v) is 7.33. The molecule has 3 rings (SSSR count). The summed E-state index contributed by atoms with van der Waals surface area (Å²) < 4.78 is 0. The fourth-order valence-electron chi connectivity index (χ4n) is 2.68. The molecule has 1 unspecified atom stereocenters. The van der Waals surface area contributed by atoms with Crippen molar-refractivity contribution in [3.05, 3.63) is 66.2 Å². The van der Waals surface area contributed by atoms with E-state index in [0.717, 1.165) is 23.8 Å². The van der Waals surface area contributed by atoms with Gasteiger partial charge in [0.25, 0.3) is 0 Å². The van der Waals surface area contributed by atoms with Crippen molar-refractivity contribution in [2.24, 2.45) is 4.99 Å². The van der Waals surface area contributed by atoms with Crippen LogP contribution in [-0.2, 0) is 4.79 Å². The number of aliphatic imine (C=N–C) groups is 1. The minimum Gasteiger partial charge on any atom is -0.385 e. The van der Waals surface area contributed by atoms with Crippen molar-refractivity contribution in [1.29, 1.82) is 0 Å². The topological polar surface area (TPSA) is 53.5 Å². The van der Waals surface area contributed by atoms with E-state index in [4.69, 9.17) is 0 Å². The Bertz CT molecular complexity index is 718. The van der Waals surface area contributed by atoms with Gasteiger partial charge in [0.15, 0.2) is 5.17 Å². The fourth-order valence-corrected chi connectivity index (χ4v) is 3.66. The average molecular weight is 353 g/mol. The number of nitrogens with zero attached hydrogens (tertiary/aromatic N) is 1. The molecular formula is C20H23N3OS. The lowest BCUT2D eigenvalue weighted by atomic mass is 10.0. The molecule has 1 aliphatic heterocycles. The van der Waals surface area contributed by atoms with Gasteiger partial charge >= 0.3 is 0 Å². The number of nitrogens with one attached hydrogen (secondary N) is 2. The van der Waals surface area contributed by atoms with E-state index in [1.807, 2.05) is 48.5 Å². The van der Waals surface area contributed by atoms with Gasteiger partial charge in [0.2, 0.25) is 5.91 Å². The summed E-state index contributed by atoms with van der Waals surface area (Å²) in [5, 5.41) is 6.93. The number of anilines is 1. The number of rotatable bonds is 7. The number of hydrogen-bond acceptors (Lipinski definition) is 4. The van der Waals surface area contributed by atoms with Crippen LogP contribution >= 0.6 is 11.8 Å². The van der Waals surface area contributed by atoms with Crippen LogP contribution in [-0.4, -0.2) is 29.4 Å². The third-order valence-electron chi connectivity index (χ3n) is 4.16. The first-order valence-corrected chi connectivity index (χ1v) is 9.46. The molecular weight excluding hydrogens is 330 g/mol. The van der Waals surface area contributed by atoms with Gasteiger partial charge in [-0.05, 0) is 24.1 Å². The van der Waals surface area contributed by atoms with Crippen LogP contribution in [0, 0.1) is 0 Å². The van der Waals surface area contributed by atoms with Crippen LogP contribution in [0.1, 0.15) is 24.8 Å². The lowest BCUT2D eigenvalue weighted by Crippen LogP contribution is -2.26. The molecule has 4 nitrogen and oxygen atoms in total. The number of carbonyl (C=O) groups is 1. The highest BCUT2D eigenvalue weighted by molar-refractivity contribution is 8.15. The summed E-state index contributed by atoms with van der Waals surface area (Å²) in [5.41, 5.74) is 2.35. The molecule has 2 N–H and O–H groups in total. The molecule has 1 fully saturated rings. The Morgan fingerprint density at radius 3 is 2.52 bits per heavy atom. The van der Waals surface area contributed by atoms with Crippen LogP contribution in [0.25, 0.3) is 0 Å². The molecule has 0 radical (unpaired) electrons. The summed E-state index contributed by atoms with van der Waals surface area (Å²) in [6.45, 7) is 3.60. The lowest BCUT2D eigenvalue weighted by Gasteiger charge is -2.09. The summed E-state index contributed by atoms with van der Waals surface area (Å²) in [6, 6.07) is 20.4. The van der Waals surface area contributed by atoms with Gasteiger partial charge in [-0.3, -0.25) is 9.79 Å². The quantitative estimate of drug-likeness (QED) is 0.794. The zero-order valence-electron chi connectivity index (χ0n) is 14.3. The Kier molecular flexibility index (Phi) is 6.12. The molecule has 0 aliphatic carbocycles. The normalized spacial score (nSPS) is 19.6. The number of amides is 1. The summed E-state index contributed by atoms with van der Waals surface area (Å²) >= 11 is 1.54. The van der Waals surface area contributed by atoms with E-state index in [-0.39, 0.29) is 11.2 Å². The van der Waals surface area contributed by atoms with Crippen LogP contribution in [0.5, 0.6) is 0 Å². The van der Waals surface area contributed by atoms with Gasteiger partial charge in [0.05, 0.1) is 5.25 Å². The molecule has 1 heterocycles. The van der Waals surface area contributed by atoms with E-state index < -0.39 is 0 Å². The monoisotopic (exact) mass is 353 g/mol. The predicted octanol–water partition coefficient (Wildman–Crippen LogP) is 3.88. The van der Waals surface area contributed by atoms with Gasteiger partial charge in [0, 0.05) is 24.7 Å². The number of benzene rings is 2. The molecule has 0 bridgehead atoms. The van der Waals surface area contributed by atoms with Gasteiger partial charge in [-0.25, -0.2) is 0 Å². The molecule has 130 valence electrons. The van der Waals surface area contributed by atoms with E-state index >= 15 is 0 Å². The Labute approximate surface area is 153 Å². The number of amidine groups is 1. The third kappa shape index (κ3) is 5.10. The zero-order valence-corrected chi connectivity index (χ0v) is 15.1. The number of carbonyl (C=O) groups excluding carboxylic acids is 1. The highest BCUT2D eigenvalue weighted by Gasteiger charge is 2.29. The third-order valence-corrected chi connectivity index (χ3v) is 5.35. The molecule has 25 heavy (non-hydrogen) atoms. The fraction of sp³-hybridized carbons (Fsp3) is 0.300. The minimum absolute atomic E-state index is 0.0611. The molecule has 0 saturated carbocycles. The van der Waals surface area contributed by atoms with Crippen molar-refractivity contribution in [1.82, 2.24) is 5.32 Å². The first kappa shape index (κ1) is 17.5. The molecule has 0 spiro atoms. The standard InChI is InChI=1S/C20H23N3OS/c1-15(16-8-4-2-5-9-16)14-22-20-23-19(24)18(25-20)12-13-21-17-10-6-3-7-11-17/h2-11,15,18,21H,12-14H2,1H3,(H,22,23,24)/t15-,18?/m0/s1. The average Bonchev–Trinajstić information content (AvgIpc) is 3.01.